The van der Waals surface area contributed by atoms with E-state index in [1.807, 2.05) is 30.3 Å². The molecule has 5 nitrogen and oxygen atoms in total. The van der Waals surface area contributed by atoms with Gasteiger partial charge in [0.25, 0.3) is 0 Å². The smallest absolute Gasteiger partial charge is 0.231 e. The summed E-state index contributed by atoms with van der Waals surface area (Å²) in [7, 11) is 4.29. The molecule has 3 aromatic rings. The van der Waals surface area contributed by atoms with Gasteiger partial charge in [-0.05, 0) is 42.7 Å². The Balaban J connectivity index is 0.00000342. The number of oxazole rings is 1. The van der Waals surface area contributed by atoms with Crippen LogP contribution in [-0.4, -0.2) is 41.8 Å². The second-order valence-electron chi connectivity index (χ2n) is 10.1. The largest absolute Gasteiger partial charge is 1.00 e. The van der Waals surface area contributed by atoms with Gasteiger partial charge in [0, 0.05) is 12.3 Å². The highest BCUT2D eigenvalue weighted by molar-refractivity contribution is 5.30. The Morgan fingerprint density at radius 2 is 1.74 bits per heavy atom. The van der Waals surface area contributed by atoms with Crippen LogP contribution in [-0.2, 0) is 12.1 Å². The van der Waals surface area contributed by atoms with E-state index in [-0.39, 0.29) is 28.7 Å². The van der Waals surface area contributed by atoms with Crippen molar-refractivity contribution >= 4 is 0 Å². The molecule has 1 aliphatic rings. The zero-order valence-electron chi connectivity index (χ0n) is 20.6. The van der Waals surface area contributed by atoms with E-state index in [1.165, 1.54) is 18.6 Å². The molecule has 1 aliphatic carbocycles. The lowest BCUT2D eigenvalue weighted by molar-refractivity contribution is -0.904. The summed E-state index contributed by atoms with van der Waals surface area (Å²) in [6.45, 7) is 2.10. The van der Waals surface area contributed by atoms with E-state index in [2.05, 4.69) is 19.1 Å². The van der Waals surface area contributed by atoms with Crippen molar-refractivity contribution in [3.63, 3.8) is 0 Å². The number of rotatable bonds is 10. The van der Waals surface area contributed by atoms with Crippen LogP contribution in [0.15, 0.2) is 65.2 Å². The van der Waals surface area contributed by atoms with Crippen LogP contribution < -0.4 is 21.7 Å². The number of ether oxygens (including phenoxy) is 1. The zero-order chi connectivity index (χ0) is 24.0. The number of hydrogen-bond donors (Lipinski definition) is 1. The Kier molecular flexibility index (Phi) is 9.50. The van der Waals surface area contributed by atoms with E-state index in [0.717, 1.165) is 50.0 Å². The van der Waals surface area contributed by atoms with Gasteiger partial charge >= 0.3 is 0 Å². The number of aliphatic hydroxyl groups is 1. The predicted octanol–water partition coefficient (Wildman–Crippen LogP) is 2.68. The minimum absolute atomic E-state index is 0. The van der Waals surface area contributed by atoms with Crippen LogP contribution >= 0.6 is 0 Å². The van der Waals surface area contributed by atoms with Crippen molar-refractivity contribution in [3.8, 4) is 5.75 Å². The van der Waals surface area contributed by atoms with Crippen molar-refractivity contribution in [3.05, 3.63) is 83.8 Å². The van der Waals surface area contributed by atoms with Crippen molar-refractivity contribution in [1.29, 1.82) is 0 Å². The Morgan fingerprint density at radius 3 is 2.43 bits per heavy atom. The first-order valence-electron chi connectivity index (χ1n) is 12.3. The third kappa shape index (κ3) is 6.93. The Hall–Kier alpha value is -2.22. The minimum Gasteiger partial charge on any atom is -1.00 e. The molecule has 0 spiro atoms. The van der Waals surface area contributed by atoms with E-state index >= 15 is 0 Å². The molecule has 1 saturated carbocycles. The molecule has 190 valence electrons. The molecule has 0 radical (unpaired) electrons. The van der Waals surface area contributed by atoms with E-state index in [4.69, 9.17) is 9.15 Å². The van der Waals surface area contributed by atoms with Crippen LogP contribution in [0.2, 0.25) is 0 Å². The van der Waals surface area contributed by atoms with Gasteiger partial charge < -0.3 is 35.7 Å². The molecule has 1 N–H and O–H groups in total. The molecule has 0 amide bonds. The molecule has 0 unspecified atom stereocenters. The summed E-state index contributed by atoms with van der Waals surface area (Å²) >= 11 is 0. The summed E-state index contributed by atoms with van der Waals surface area (Å²) in [5.74, 6) is 1.68. The quantitative estimate of drug-likeness (QED) is 0.314. The summed E-state index contributed by atoms with van der Waals surface area (Å²) < 4.78 is 25.7. The van der Waals surface area contributed by atoms with Gasteiger partial charge in [-0.1, -0.05) is 49.6 Å². The topological polar surface area (TPSA) is 55.5 Å². The van der Waals surface area contributed by atoms with Gasteiger partial charge in [-0.15, -0.1) is 0 Å². The van der Waals surface area contributed by atoms with E-state index in [9.17, 15) is 9.50 Å². The maximum atomic E-state index is 13.0. The Morgan fingerprint density at radius 1 is 1.06 bits per heavy atom. The van der Waals surface area contributed by atoms with Crippen LogP contribution in [0.1, 0.15) is 55.7 Å². The third-order valence-corrected chi connectivity index (χ3v) is 6.86. The van der Waals surface area contributed by atoms with Crippen LogP contribution in [0.3, 0.4) is 0 Å². The summed E-state index contributed by atoms with van der Waals surface area (Å²) in [5.41, 5.74) is -0.359. The van der Waals surface area contributed by atoms with Gasteiger partial charge in [0.1, 0.15) is 18.1 Å². The predicted molar refractivity (Wildman–Crippen MR) is 130 cm³/mol. The third-order valence-electron chi connectivity index (χ3n) is 6.86. The number of benzene rings is 2. The monoisotopic (exact) mass is 546 g/mol. The summed E-state index contributed by atoms with van der Waals surface area (Å²) in [6, 6.07) is 15.9. The van der Waals surface area contributed by atoms with Crippen LogP contribution in [0, 0.1) is 11.7 Å². The first-order valence-corrected chi connectivity index (χ1v) is 12.3. The molecule has 35 heavy (non-hydrogen) atoms. The second kappa shape index (κ2) is 12.2. The highest BCUT2D eigenvalue weighted by atomic mass is 79.9. The summed E-state index contributed by atoms with van der Waals surface area (Å²) in [4.78, 5) is 4.59. The molecule has 1 heterocycles. The van der Waals surface area contributed by atoms with Crippen molar-refractivity contribution in [2.75, 3.05) is 27.2 Å². The molecule has 2 aromatic carbocycles. The van der Waals surface area contributed by atoms with Crippen LogP contribution in [0.25, 0.3) is 0 Å². The first kappa shape index (κ1) is 27.4. The molecule has 1 atom stereocenters. The summed E-state index contributed by atoms with van der Waals surface area (Å²) in [5, 5.41) is 12.0. The molecule has 0 bridgehead atoms. The van der Waals surface area contributed by atoms with Gasteiger partial charge in [-0.25, -0.2) is 9.37 Å². The second-order valence-corrected chi connectivity index (χ2v) is 10.1. The molecular formula is C28H36BrFN2O3. The fourth-order valence-electron chi connectivity index (χ4n) is 5.02. The van der Waals surface area contributed by atoms with E-state index < -0.39 is 5.60 Å². The lowest BCUT2D eigenvalue weighted by atomic mass is 9.73. The fourth-order valence-corrected chi connectivity index (χ4v) is 5.02. The van der Waals surface area contributed by atoms with Crippen molar-refractivity contribution < 1.29 is 40.1 Å². The SMILES string of the molecule is C[N+](C)(CCCOc1ccc(F)cc1)Cc1cnc([C@](O)(c2ccccc2)C2CCCCC2)o1.[Br-]. The molecular weight excluding hydrogens is 511 g/mol. The fraction of sp³-hybridized carbons (Fsp3) is 0.464. The Labute approximate surface area is 218 Å². The van der Waals surface area contributed by atoms with Gasteiger partial charge in [-0.2, -0.15) is 0 Å². The molecule has 1 fully saturated rings. The molecule has 4 rings (SSSR count). The molecule has 0 saturated heterocycles. The lowest BCUT2D eigenvalue weighted by Gasteiger charge is -2.36. The van der Waals surface area contributed by atoms with E-state index in [0.29, 0.717) is 29.3 Å². The maximum absolute atomic E-state index is 13.0. The number of halogens is 2. The zero-order valence-corrected chi connectivity index (χ0v) is 22.2. The average molecular weight is 548 g/mol. The van der Waals surface area contributed by atoms with Crippen LogP contribution in [0.4, 0.5) is 4.39 Å². The highest BCUT2D eigenvalue weighted by Crippen LogP contribution is 2.43. The van der Waals surface area contributed by atoms with E-state index in [1.54, 1.807) is 18.3 Å². The lowest BCUT2D eigenvalue weighted by Crippen LogP contribution is -3.00. The van der Waals surface area contributed by atoms with Gasteiger partial charge in [0.05, 0.1) is 33.4 Å². The molecule has 7 heteroatoms. The maximum Gasteiger partial charge on any atom is 0.231 e. The minimum atomic E-state index is -1.21. The molecule has 0 aliphatic heterocycles. The van der Waals surface area contributed by atoms with Crippen molar-refractivity contribution in [2.24, 2.45) is 5.92 Å². The average Bonchev–Trinajstić information content (AvgIpc) is 3.32. The Bertz CT molecular complexity index is 1040. The normalized spacial score (nSPS) is 16.3. The number of quaternary nitrogens is 1. The van der Waals surface area contributed by atoms with Crippen molar-refractivity contribution in [1.82, 2.24) is 4.98 Å². The van der Waals surface area contributed by atoms with Gasteiger partial charge in [0.15, 0.2) is 11.4 Å². The molecule has 1 aromatic heterocycles. The van der Waals surface area contributed by atoms with Gasteiger partial charge in [0.2, 0.25) is 5.89 Å². The van der Waals surface area contributed by atoms with Gasteiger partial charge in [-0.3, -0.25) is 0 Å². The first-order chi connectivity index (χ1) is 16.4. The number of aromatic nitrogens is 1. The number of hydrogen-bond acceptors (Lipinski definition) is 4. The van der Waals surface area contributed by atoms with Crippen LogP contribution in [0.5, 0.6) is 5.75 Å². The summed E-state index contributed by atoms with van der Waals surface area (Å²) in [6.07, 6.45) is 8.02. The number of nitrogens with zero attached hydrogens (tertiary/aromatic N) is 2. The van der Waals surface area contributed by atoms with Crippen molar-refractivity contribution in [2.45, 2.75) is 50.7 Å². The standard InChI is InChI=1S/C28H36FN2O3.BrH/c1-31(2,18-9-19-33-25-16-14-24(29)15-17-25)21-26-20-30-27(34-26)28(32,22-10-5-3-6-11-22)23-12-7-4-8-13-23;/h3,5-6,10-11,14-17,20,23,32H,4,7-9,12-13,18-19,21H2,1-2H3;1H/q+1;/p-1/t28-;/m0./s1. The highest BCUT2D eigenvalue weighted by Gasteiger charge is 2.44.